The van der Waals surface area contributed by atoms with Crippen LogP contribution in [-0.2, 0) is 26.0 Å². The lowest BCUT2D eigenvalue weighted by atomic mass is 10.0. The van der Waals surface area contributed by atoms with Crippen LogP contribution in [0.5, 0.6) is 0 Å². The number of aromatic amines is 1. The number of nitrogens with zero attached hydrogens (tertiary/aromatic N) is 1. The van der Waals surface area contributed by atoms with Gasteiger partial charge < -0.3 is 15.6 Å². The molecule has 0 unspecified atom stereocenters. The highest BCUT2D eigenvalue weighted by Gasteiger charge is 2.33. The Morgan fingerprint density at radius 2 is 1.71 bits per heavy atom. The summed E-state index contributed by atoms with van der Waals surface area (Å²) in [5.41, 5.74) is 3.11. The minimum atomic E-state index is -3.61. The number of nitrogens with one attached hydrogen (secondary N) is 3. The molecule has 1 aromatic heterocycles. The molecule has 1 atom stereocenters. The van der Waals surface area contributed by atoms with Gasteiger partial charge in [0.05, 0.1) is 4.90 Å². The molecule has 3 aromatic rings. The third-order valence-electron chi connectivity index (χ3n) is 6.52. The number of benzene rings is 2. The van der Waals surface area contributed by atoms with Crippen molar-refractivity contribution in [1.29, 1.82) is 0 Å². The van der Waals surface area contributed by atoms with E-state index < -0.39 is 21.8 Å². The standard InChI is InChI=1S/C26H32N4O4S/c1-19-9-11-22(12-10-19)35(33,34)30-17-5-4-6-21(30)14-16-28-26(32)25(31)27-15-13-20-18-29-24-8-3-2-7-23(20)24/h2-3,7-12,18,21,29H,4-6,13-17H2,1H3,(H,27,31)(H,28,32)/t21-/m1/s1. The Morgan fingerprint density at radius 3 is 2.49 bits per heavy atom. The Bertz CT molecular complexity index is 1280. The molecule has 8 nitrogen and oxygen atoms in total. The number of carbonyl (C=O) groups is 2. The number of sulfonamides is 1. The van der Waals surface area contributed by atoms with Gasteiger partial charge in [0.25, 0.3) is 0 Å². The molecule has 3 N–H and O–H groups in total. The van der Waals surface area contributed by atoms with Crippen molar-refractivity contribution >= 4 is 32.7 Å². The molecule has 2 heterocycles. The molecule has 4 rings (SSSR count). The summed E-state index contributed by atoms with van der Waals surface area (Å²) in [5, 5.41) is 6.41. The van der Waals surface area contributed by atoms with Gasteiger partial charge in [0.2, 0.25) is 10.0 Å². The van der Waals surface area contributed by atoms with E-state index in [9.17, 15) is 18.0 Å². The van der Waals surface area contributed by atoms with Crippen LogP contribution in [0.15, 0.2) is 59.6 Å². The van der Waals surface area contributed by atoms with Crippen molar-refractivity contribution in [1.82, 2.24) is 19.9 Å². The van der Waals surface area contributed by atoms with E-state index >= 15 is 0 Å². The second-order valence-corrected chi connectivity index (χ2v) is 10.9. The number of rotatable bonds is 8. The van der Waals surface area contributed by atoms with Gasteiger partial charge in [0.1, 0.15) is 0 Å². The van der Waals surface area contributed by atoms with Gasteiger partial charge in [-0.05, 0) is 56.4 Å². The van der Waals surface area contributed by atoms with Crippen LogP contribution in [0.25, 0.3) is 10.9 Å². The summed E-state index contributed by atoms with van der Waals surface area (Å²) in [6.45, 7) is 2.96. The SMILES string of the molecule is Cc1ccc(S(=O)(=O)N2CCCC[C@@H]2CCNC(=O)C(=O)NCCc2c[nH]c3ccccc23)cc1. The maximum atomic E-state index is 13.2. The fourth-order valence-corrected chi connectivity index (χ4v) is 6.31. The molecule has 0 bridgehead atoms. The second kappa shape index (κ2) is 11.0. The zero-order chi connectivity index (χ0) is 24.8. The predicted octanol–water partition coefficient (Wildman–Crippen LogP) is 2.88. The number of aryl methyl sites for hydroxylation is 1. The summed E-state index contributed by atoms with van der Waals surface area (Å²) in [7, 11) is -3.61. The molecular formula is C26H32N4O4S. The molecule has 9 heteroatoms. The lowest BCUT2D eigenvalue weighted by molar-refractivity contribution is -0.139. The first-order chi connectivity index (χ1) is 16.9. The van der Waals surface area contributed by atoms with Crippen molar-refractivity contribution in [3.8, 4) is 0 Å². The average molecular weight is 497 g/mol. The molecule has 2 amide bonds. The van der Waals surface area contributed by atoms with Crippen molar-refractivity contribution in [3.05, 3.63) is 65.9 Å². The first-order valence-corrected chi connectivity index (χ1v) is 13.5. The van der Waals surface area contributed by atoms with Crippen molar-refractivity contribution in [3.63, 3.8) is 0 Å². The van der Waals surface area contributed by atoms with E-state index in [0.717, 1.165) is 41.3 Å². The summed E-state index contributed by atoms with van der Waals surface area (Å²) < 4.78 is 27.9. The molecule has 2 aromatic carbocycles. The van der Waals surface area contributed by atoms with Crippen molar-refractivity contribution < 1.29 is 18.0 Å². The first kappa shape index (κ1) is 24.9. The summed E-state index contributed by atoms with van der Waals surface area (Å²) in [6.07, 6.45) is 5.46. The molecule has 0 aliphatic carbocycles. The second-order valence-electron chi connectivity index (χ2n) is 8.99. The van der Waals surface area contributed by atoms with Gasteiger partial charge >= 0.3 is 11.8 Å². The molecule has 1 aliphatic heterocycles. The quantitative estimate of drug-likeness (QED) is 0.417. The minimum absolute atomic E-state index is 0.208. The molecule has 186 valence electrons. The normalized spacial score (nSPS) is 16.8. The number of hydrogen-bond donors (Lipinski definition) is 3. The zero-order valence-electron chi connectivity index (χ0n) is 19.9. The highest BCUT2D eigenvalue weighted by molar-refractivity contribution is 7.89. The molecular weight excluding hydrogens is 464 g/mol. The van der Waals surface area contributed by atoms with Crippen LogP contribution in [0.1, 0.15) is 36.8 Å². The molecule has 0 spiro atoms. The van der Waals surface area contributed by atoms with Crippen LogP contribution in [0.4, 0.5) is 0 Å². The van der Waals surface area contributed by atoms with Crippen LogP contribution in [-0.4, -0.2) is 55.2 Å². The predicted molar refractivity (Wildman–Crippen MR) is 135 cm³/mol. The van der Waals surface area contributed by atoms with Gasteiger partial charge in [0.15, 0.2) is 0 Å². The molecule has 1 saturated heterocycles. The third kappa shape index (κ3) is 5.91. The van der Waals surface area contributed by atoms with Crippen LogP contribution in [0.3, 0.4) is 0 Å². The van der Waals surface area contributed by atoms with E-state index in [2.05, 4.69) is 15.6 Å². The van der Waals surface area contributed by atoms with E-state index in [0.29, 0.717) is 25.9 Å². The molecule has 35 heavy (non-hydrogen) atoms. The van der Waals surface area contributed by atoms with Crippen LogP contribution in [0, 0.1) is 6.92 Å². The van der Waals surface area contributed by atoms with Crippen molar-refractivity contribution in [2.45, 2.75) is 50.0 Å². The largest absolute Gasteiger partial charge is 0.361 e. The number of para-hydroxylation sites is 1. The molecule has 1 fully saturated rings. The Hall–Kier alpha value is -3.17. The van der Waals surface area contributed by atoms with Crippen molar-refractivity contribution in [2.24, 2.45) is 0 Å². The first-order valence-electron chi connectivity index (χ1n) is 12.1. The van der Waals surface area contributed by atoms with Gasteiger partial charge in [-0.1, -0.05) is 42.3 Å². The number of fused-ring (bicyclic) bond motifs is 1. The Kier molecular flexibility index (Phi) is 7.87. The zero-order valence-corrected chi connectivity index (χ0v) is 20.7. The average Bonchev–Trinajstić information content (AvgIpc) is 3.27. The van der Waals surface area contributed by atoms with Crippen LogP contribution in [0.2, 0.25) is 0 Å². The minimum Gasteiger partial charge on any atom is -0.361 e. The van der Waals surface area contributed by atoms with E-state index in [4.69, 9.17) is 0 Å². The summed E-state index contributed by atoms with van der Waals surface area (Å²) in [5.74, 6) is -1.38. The number of aromatic nitrogens is 1. The van der Waals surface area contributed by atoms with Gasteiger partial charge in [-0.15, -0.1) is 0 Å². The molecule has 1 aliphatic rings. The highest BCUT2D eigenvalue weighted by Crippen LogP contribution is 2.27. The third-order valence-corrected chi connectivity index (χ3v) is 8.49. The van der Waals surface area contributed by atoms with E-state index in [1.165, 1.54) is 0 Å². The fraction of sp³-hybridized carbons (Fsp3) is 0.385. The number of H-pyrrole nitrogens is 1. The number of hydrogen-bond acceptors (Lipinski definition) is 4. The maximum Gasteiger partial charge on any atom is 0.309 e. The molecule has 0 saturated carbocycles. The van der Waals surface area contributed by atoms with Crippen molar-refractivity contribution in [2.75, 3.05) is 19.6 Å². The van der Waals surface area contributed by atoms with Gasteiger partial charge in [0, 0.05) is 42.8 Å². The highest BCUT2D eigenvalue weighted by atomic mass is 32.2. The van der Waals surface area contributed by atoms with E-state index in [1.54, 1.807) is 28.6 Å². The Morgan fingerprint density at radius 1 is 1.00 bits per heavy atom. The monoisotopic (exact) mass is 496 g/mol. The fourth-order valence-electron chi connectivity index (χ4n) is 4.59. The maximum absolute atomic E-state index is 13.2. The Labute approximate surface area is 206 Å². The van der Waals surface area contributed by atoms with Crippen LogP contribution >= 0.6 is 0 Å². The number of piperidine rings is 1. The Balaban J connectivity index is 1.25. The van der Waals surface area contributed by atoms with Crippen LogP contribution < -0.4 is 10.6 Å². The summed E-state index contributed by atoms with van der Waals surface area (Å²) in [6, 6.07) is 14.6. The lowest BCUT2D eigenvalue weighted by Crippen LogP contribution is -2.46. The summed E-state index contributed by atoms with van der Waals surface area (Å²) >= 11 is 0. The number of amides is 2. The smallest absolute Gasteiger partial charge is 0.309 e. The van der Waals surface area contributed by atoms with Gasteiger partial charge in [-0.25, -0.2) is 8.42 Å². The van der Waals surface area contributed by atoms with Gasteiger partial charge in [-0.3, -0.25) is 9.59 Å². The molecule has 0 radical (unpaired) electrons. The number of carbonyl (C=O) groups excluding carboxylic acids is 2. The summed E-state index contributed by atoms with van der Waals surface area (Å²) in [4.78, 5) is 28.0. The topological polar surface area (TPSA) is 111 Å². The van der Waals surface area contributed by atoms with E-state index in [-0.39, 0.29) is 17.5 Å². The van der Waals surface area contributed by atoms with Gasteiger partial charge in [-0.2, -0.15) is 4.31 Å². The lowest BCUT2D eigenvalue weighted by Gasteiger charge is -2.34. The van der Waals surface area contributed by atoms with E-state index in [1.807, 2.05) is 37.4 Å².